The molecule has 1 atom stereocenters. The largest absolute Gasteiger partial charge is 0.341 e. The fourth-order valence-electron chi connectivity index (χ4n) is 3.52. The maximum Gasteiger partial charge on any atom is 0.321 e. The van der Waals surface area contributed by atoms with E-state index in [4.69, 9.17) is 0 Å². The summed E-state index contributed by atoms with van der Waals surface area (Å²) in [5.74, 6) is -0.0373. The molecule has 5 heteroatoms. The van der Waals surface area contributed by atoms with E-state index >= 15 is 0 Å². The number of hydrogen-bond donors (Lipinski definition) is 1. The summed E-state index contributed by atoms with van der Waals surface area (Å²) in [6, 6.07) is 17.4. The number of carbonyl (C=O) groups excluding carboxylic acids is 2. The van der Waals surface area contributed by atoms with Gasteiger partial charge in [0.05, 0.1) is 5.92 Å². The highest BCUT2D eigenvalue weighted by Gasteiger charge is 2.30. The van der Waals surface area contributed by atoms with E-state index < -0.39 is 0 Å². The van der Waals surface area contributed by atoms with Crippen molar-refractivity contribution >= 4 is 17.6 Å². The first-order valence-electron chi connectivity index (χ1n) is 9.45. The third-order valence-corrected chi connectivity index (χ3v) is 5.13. The number of rotatable bonds is 4. The number of nitrogens with one attached hydrogen (secondary N) is 1. The number of hydrogen-bond acceptors (Lipinski definition) is 2. The van der Waals surface area contributed by atoms with Gasteiger partial charge in [-0.25, -0.2) is 4.79 Å². The maximum absolute atomic E-state index is 12.9. The van der Waals surface area contributed by atoms with Crippen LogP contribution >= 0.6 is 0 Å². The predicted molar refractivity (Wildman–Crippen MR) is 107 cm³/mol. The first-order valence-corrected chi connectivity index (χ1v) is 9.45. The van der Waals surface area contributed by atoms with Crippen LogP contribution in [0.3, 0.4) is 0 Å². The number of carbonyl (C=O) groups is 2. The molecular formula is C22H27N3O2. The topological polar surface area (TPSA) is 52.7 Å². The Labute approximate surface area is 161 Å². The minimum atomic E-state index is -0.144. The molecular weight excluding hydrogens is 338 g/mol. The molecule has 27 heavy (non-hydrogen) atoms. The van der Waals surface area contributed by atoms with Gasteiger partial charge in [-0.2, -0.15) is 0 Å². The highest BCUT2D eigenvalue weighted by Crippen LogP contribution is 2.21. The smallest absolute Gasteiger partial charge is 0.321 e. The van der Waals surface area contributed by atoms with Crippen LogP contribution in [0.2, 0.25) is 0 Å². The minimum absolute atomic E-state index is 0.107. The molecule has 1 saturated heterocycles. The zero-order valence-electron chi connectivity index (χ0n) is 16.0. The van der Waals surface area contributed by atoms with Crippen molar-refractivity contribution in [2.24, 2.45) is 5.92 Å². The van der Waals surface area contributed by atoms with E-state index in [0.717, 1.165) is 24.1 Å². The van der Waals surface area contributed by atoms with Gasteiger partial charge in [-0.15, -0.1) is 0 Å². The van der Waals surface area contributed by atoms with Crippen LogP contribution in [0.5, 0.6) is 0 Å². The summed E-state index contributed by atoms with van der Waals surface area (Å²) < 4.78 is 0. The summed E-state index contributed by atoms with van der Waals surface area (Å²) in [7, 11) is 1.84. The first kappa shape index (κ1) is 19.0. The lowest BCUT2D eigenvalue weighted by Crippen LogP contribution is -2.47. The number of amides is 3. The Morgan fingerprint density at radius 3 is 2.56 bits per heavy atom. The predicted octanol–water partition coefficient (Wildman–Crippen LogP) is 3.90. The lowest BCUT2D eigenvalue weighted by Gasteiger charge is -2.34. The van der Waals surface area contributed by atoms with Gasteiger partial charge >= 0.3 is 6.03 Å². The van der Waals surface area contributed by atoms with Gasteiger partial charge < -0.3 is 15.1 Å². The molecule has 1 N–H and O–H groups in total. The molecule has 0 unspecified atom stereocenters. The van der Waals surface area contributed by atoms with Crippen LogP contribution in [-0.4, -0.2) is 41.9 Å². The summed E-state index contributed by atoms with van der Waals surface area (Å²) >= 11 is 0. The van der Waals surface area contributed by atoms with Crippen molar-refractivity contribution in [3.63, 3.8) is 0 Å². The molecule has 5 nitrogen and oxygen atoms in total. The van der Waals surface area contributed by atoms with Crippen LogP contribution in [0, 0.1) is 12.8 Å². The molecule has 0 saturated carbocycles. The summed E-state index contributed by atoms with van der Waals surface area (Å²) in [5, 5.41) is 2.91. The fourth-order valence-corrected chi connectivity index (χ4v) is 3.52. The summed E-state index contributed by atoms with van der Waals surface area (Å²) in [4.78, 5) is 29.0. The molecule has 0 radical (unpaired) electrons. The Hall–Kier alpha value is -2.82. The minimum Gasteiger partial charge on any atom is -0.341 e. The van der Waals surface area contributed by atoms with Gasteiger partial charge in [-0.1, -0.05) is 42.5 Å². The van der Waals surface area contributed by atoms with Gasteiger partial charge in [0.2, 0.25) is 5.91 Å². The lowest BCUT2D eigenvalue weighted by molar-refractivity contribution is -0.136. The Morgan fingerprint density at radius 1 is 1.11 bits per heavy atom. The second-order valence-corrected chi connectivity index (χ2v) is 7.20. The van der Waals surface area contributed by atoms with E-state index in [-0.39, 0.29) is 17.9 Å². The number of anilines is 1. The molecule has 142 valence electrons. The normalized spacial score (nSPS) is 16.7. The zero-order chi connectivity index (χ0) is 19.2. The molecule has 1 fully saturated rings. The van der Waals surface area contributed by atoms with Gasteiger partial charge in [0, 0.05) is 32.4 Å². The zero-order valence-corrected chi connectivity index (χ0v) is 16.0. The number of benzene rings is 2. The lowest BCUT2D eigenvalue weighted by atomic mass is 9.96. The van der Waals surface area contributed by atoms with Gasteiger partial charge in [-0.3, -0.25) is 4.79 Å². The van der Waals surface area contributed by atoms with Crippen LogP contribution in [0.1, 0.15) is 24.0 Å². The van der Waals surface area contributed by atoms with Crippen LogP contribution in [0.4, 0.5) is 10.5 Å². The van der Waals surface area contributed by atoms with Gasteiger partial charge in [-0.05, 0) is 43.0 Å². The molecule has 2 aromatic carbocycles. The van der Waals surface area contributed by atoms with Crippen LogP contribution < -0.4 is 5.32 Å². The molecule has 0 spiro atoms. The second-order valence-electron chi connectivity index (χ2n) is 7.20. The number of piperidine rings is 1. The molecule has 2 aromatic rings. The number of likely N-dealkylation sites (tertiary alicyclic amines) is 1. The number of para-hydroxylation sites is 1. The van der Waals surface area contributed by atoms with Gasteiger partial charge in [0.1, 0.15) is 0 Å². The molecule has 0 aromatic heterocycles. The van der Waals surface area contributed by atoms with Crippen LogP contribution in [0.15, 0.2) is 54.6 Å². The van der Waals surface area contributed by atoms with Crippen molar-refractivity contribution in [3.05, 3.63) is 65.7 Å². The standard InChI is InChI=1S/C22H27N3O2/c1-17-9-6-7-10-18(17)15-24(2)21(26)19-11-8-14-25(16-19)22(27)23-20-12-4-3-5-13-20/h3-7,9-10,12-13,19H,8,11,14-16H2,1-2H3,(H,23,27)/t19-/m1/s1. The summed E-state index contributed by atoms with van der Waals surface area (Å²) in [6.45, 7) is 3.81. The van der Waals surface area contributed by atoms with Crippen molar-refractivity contribution in [2.75, 3.05) is 25.5 Å². The van der Waals surface area contributed by atoms with E-state index in [1.807, 2.05) is 49.5 Å². The second kappa shape index (κ2) is 8.71. The molecule has 0 bridgehead atoms. The molecule has 1 aliphatic rings. The number of urea groups is 1. The Bertz CT molecular complexity index is 791. The van der Waals surface area contributed by atoms with Crippen molar-refractivity contribution in [1.82, 2.24) is 9.80 Å². The van der Waals surface area contributed by atoms with Crippen molar-refractivity contribution < 1.29 is 9.59 Å². The molecule has 3 rings (SSSR count). The third-order valence-electron chi connectivity index (χ3n) is 5.13. The average molecular weight is 365 g/mol. The van der Waals surface area contributed by atoms with E-state index in [0.29, 0.717) is 19.6 Å². The summed E-state index contributed by atoms with van der Waals surface area (Å²) in [5.41, 5.74) is 3.11. The van der Waals surface area contributed by atoms with Crippen molar-refractivity contribution in [2.45, 2.75) is 26.3 Å². The Kier molecular flexibility index (Phi) is 6.12. The fraction of sp³-hybridized carbons (Fsp3) is 0.364. The SMILES string of the molecule is Cc1ccccc1CN(C)C(=O)[C@@H]1CCCN(C(=O)Nc2ccccc2)C1. The first-order chi connectivity index (χ1) is 13.0. The maximum atomic E-state index is 12.9. The monoisotopic (exact) mass is 365 g/mol. The van der Waals surface area contributed by atoms with E-state index in [1.165, 1.54) is 5.56 Å². The third kappa shape index (κ3) is 4.88. The Morgan fingerprint density at radius 2 is 1.81 bits per heavy atom. The number of aryl methyl sites for hydroxylation is 1. The van der Waals surface area contributed by atoms with Crippen molar-refractivity contribution in [3.8, 4) is 0 Å². The highest BCUT2D eigenvalue weighted by atomic mass is 16.2. The van der Waals surface area contributed by atoms with Crippen molar-refractivity contribution in [1.29, 1.82) is 0 Å². The van der Waals surface area contributed by atoms with E-state index in [2.05, 4.69) is 24.4 Å². The quantitative estimate of drug-likeness (QED) is 0.893. The highest BCUT2D eigenvalue weighted by molar-refractivity contribution is 5.90. The van der Waals surface area contributed by atoms with E-state index in [1.54, 1.807) is 9.80 Å². The van der Waals surface area contributed by atoms with E-state index in [9.17, 15) is 9.59 Å². The van der Waals surface area contributed by atoms with Gasteiger partial charge in [0.25, 0.3) is 0 Å². The molecule has 1 aliphatic heterocycles. The Balaban J connectivity index is 1.59. The van der Waals surface area contributed by atoms with Gasteiger partial charge in [0.15, 0.2) is 0 Å². The summed E-state index contributed by atoms with van der Waals surface area (Å²) in [6.07, 6.45) is 1.67. The van der Waals surface area contributed by atoms with Crippen LogP contribution in [0.25, 0.3) is 0 Å². The molecule has 0 aliphatic carbocycles. The number of nitrogens with zero attached hydrogens (tertiary/aromatic N) is 2. The van der Waals surface area contributed by atoms with Crippen LogP contribution in [-0.2, 0) is 11.3 Å². The average Bonchev–Trinajstić information content (AvgIpc) is 2.70. The molecule has 1 heterocycles. The molecule has 3 amide bonds.